The van der Waals surface area contributed by atoms with Crippen LogP contribution in [0.4, 0.5) is 0 Å². The minimum atomic E-state index is 0.00755. The topological polar surface area (TPSA) is 33.0 Å². The van der Waals surface area contributed by atoms with Crippen molar-refractivity contribution in [1.29, 1.82) is 5.26 Å². The number of nitriles is 1. The van der Waals surface area contributed by atoms with E-state index in [0.717, 1.165) is 18.4 Å². The van der Waals surface area contributed by atoms with Gasteiger partial charge in [-0.05, 0) is 41.7 Å². The number of hydrogen-bond donors (Lipinski definition) is 0. The Labute approximate surface area is 149 Å². The first-order valence-electron chi connectivity index (χ1n) is 8.54. The maximum Gasteiger partial charge on any atom is 0.0991 e. The summed E-state index contributed by atoms with van der Waals surface area (Å²) in [6.45, 7) is 0.584. The summed E-state index contributed by atoms with van der Waals surface area (Å²) in [6.07, 6.45) is 1.87. The minimum absolute atomic E-state index is 0.00755. The molecule has 3 aromatic rings. The molecular formula is C23H21NO. The Kier molecular flexibility index (Phi) is 5.98. The minimum Gasteiger partial charge on any atom is -0.369 e. The second kappa shape index (κ2) is 8.82. The van der Waals surface area contributed by atoms with Crippen molar-refractivity contribution in [3.05, 3.63) is 107 Å². The average molecular weight is 327 g/mol. The predicted octanol–water partition coefficient (Wildman–Crippen LogP) is 5.45. The highest BCUT2D eigenvalue weighted by molar-refractivity contribution is 5.32. The van der Waals surface area contributed by atoms with Crippen LogP contribution in [0.1, 0.15) is 34.8 Å². The van der Waals surface area contributed by atoms with Crippen molar-refractivity contribution in [3.63, 3.8) is 0 Å². The van der Waals surface area contributed by atoms with Gasteiger partial charge in [0, 0.05) is 0 Å². The third-order valence-electron chi connectivity index (χ3n) is 4.24. The van der Waals surface area contributed by atoms with E-state index in [4.69, 9.17) is 10.00 Å². The van der Waals surface area contributed by atoms with Gasteiger partial charge in [0.25, 0.3) is 0 Å². The summed E-state index contributed by atoms with van der Waals surface area (Å²) in [7, 11) is 0. The smallest absolute Gasteiger partial charge is 0.0991 e. The lowest BCUT2D eigenvalue weighted by atomic mass is 10.00. The van der Waals surface area contributed by atoms with Crippen LogP contribution in [-0.2, 0) is 17.8 Å². The Morgan fingerprint density at radius 1 is 0.760 bits per heavy atom. The molecule has 2 nitrogen and oxygen atoms in total. The molecule has 0 aliphatic rings. The van der Waals surface area contributed by atoms with E-state index >= 15 is 0 Å². The van der Waals surface area contributed by atoms with Gasteiger partial charge in [0.15, 0.2) is 0 Å². The molecule has 1 unspecified atom stereocenters. The molecule has 0 radical (unpaired) electrons. The third kappa shape index (κ3) is 5.04. The van der Waals surface area contributed by atoms with Crippen LogP contribution in [0, 0.1) is 11.3 Å². The van der Waals surface area contributed by atoms with Gasteiger partial charge in [-0.1, -0.05) is 72.8 Å². The molecule has 0 amide bonds. The van der Waals surface area contributed by atoms with Crippen molar-refractivity contribution in [2.24, 2.45) is 0 Å². The monoisotopic (exact) mass is 327 g/mol. The standard InChI is InChI=1S/C23H21NO/c24-17-20-11-14-22(15-12-20)23(16-13-19-7-3-1-4-8-19)25-18-21-9-5-2-6-10-21/h1-12,14-15,23H,13,16,18H2. The summed E-state index contributed by atoms with van der Waals surface area (Å²) in [5.74, 6) is 0. The summed E-state index contributed by atoms with van der Waals surface area (Å²) in [4.78, 5) is 0. The molecular weight excluding hydrogens is 306 g/mol. The third-order valence-corrected chi connectivity index (χ3v) is 4.24. The van der Waals surface area contributed by atoms with E-state index < -0.39 is 0 Å². The van der Waals surface area contributed by atoms with E-state index in [1.807, 2.05) is 48.5 Å². The number of aryl methyl sites for hydroxylation is 1. The fraction of sp³-hybridized carbons (Fsp3) is 0.174. The van der Waals surface area contributed by atoms with Crippen molar-refractivity contribution in [1.82, 2.24) is 0 Å². The van der Waals surface area contributed by atoms with Gasteiger partial charge in [0.2, 0.25) is 0 Å². The van der Waals surface area contributed by atoms with Gasteiger partial charge in [-0.3, -0.25) is 0 Å². The number of hydrogen-bond acceptors (Lipinski definition) is 2. The van der Waals surface area contributed by atoms with E-state index in [1.54, 1.807) is 0 Å². The lowest BCUT2D eigenvalue weighted by molar-refractivity contribution is 0.0341. The zero-order valence-corrected chi connectivity index (χ0v) is 14.1. The molecule has 0 N–H and O–H groups in total. The van der Waals surface area contributed by atoms with Crippen molar-refractivity contribution < 1.29 is 4.74 Å². The Morgan fingerprint density at radius 2 is 1.36 bits per heavy atom. The molecule has 0 heterocycles. The lowest BCUT2D eigenvalue weighted by Crippen LogP contribution is -2.06. The Bertz CT molecular complexity index is 761. The molecule has 0 aliphatic carbocycles. The van der Waals surface area contributed by atoms with E-state index in [0.29, 0.717) is 12.2 Å². The first-order valence-corrected chi connectivity index (χ1v) is 8.54. The molecule has 25 heavy (non-hydrogen) atoms. The van der Waals surface area contributed by atoms with E-state index in [1.165, 1.54) is 11.1 Å². The largest absolute Gasteiger partial charge is 0.369 e. The molecule has 1 atom stereocenters. The van der Waals surface area contributed by atoms with Crippen LogP contribution in [-0.4, -0.2) is 0 Å². The summed E-state index contributed by atoms with van der Waals surface area (Å²) in [5, 5.41) is 8.99. The van der Waals surface area contributed by atoms with Crippen molar-refractivity contribution >= 4 is 0 Å². The second-order valence-corrected chi connectivity index (χ2v) is 6.04. The molecule has 124 valence electrons. The van der Waals surface area contributed by atoms with Crippen LogP contribution in [0.3, 0.4) is 0 Å². The molecule has 0 aliphatic heterocycles. The molecule has 0 saturated heterocycles. The fourth-order valence-electron chi connectivity index (χ4n) is 2.83. The molecule has 3 aromatic carbocycles. The van der Waals surface area contributed by atoms with Gasteiger partial charge < -0.3 is 4.74 Å². The van der Waals surface area contributed by atoms with Crippen molar-refractivity contribution in [3.8, 4) is 6.07 Å². The first-order chi connectivity index (χ1) is 12.3. The second-order valence-electron chi connectivity index (χ2n) is 6.04. The van der Waals surface area contributed by atoms with Gasteiger partial charge >= 0.3 is 0 Å². The molecule has 0 saturated carbocycles. The van der Waals surface area contributed by atoms with Crippen LogP contribution in [0.15, 0.2) is 84.9 Å². The molecule has 3 rings (SSSR count). The Morgan fingerprint density at radius 3 is 1.96 bits per heavy atom. The quantitative estimate of drug-likeness (QED) is 0.578. The maximum absolute atomic E-state index is 8.99. The number of ether oxygens (including phenoxy) is 1. The van der Waals surface area contributed by atoms with Crippen LogP contribution in [0.5, 0.6) is 0 Å². The summed E-state index contributed by atoms with van der Waals surface area (Å²) >= 11 is 0. The highest BCUT2D eigenvalue weighted by Crippen LogP contribution is 2.25. The van der Waals surface area contributed by atoms with Crippen molar-refractivity contribution in [2.45, 2.75) is 25.6 Å². The van der Waals surface area contributed by atoms with Gasteiger partial charge in [-0.2, -0.15) is 5.26 Å². The number of rotatable bonds is 7. The van der Waals surface area contributed by atoms with Crippen LogP contribution < -0.4 is 0 Å². The van der Waals surface area contributed by atoms with E-state index in [2.05, 4.69) is 42.5 Å². The molecule has 0 aromatic heterocycles. The van der Waals surface area contributed by atoms with Gasteiger partial charge in [-0.15, -0.1) is 0 Å². The van der Waals surface area contributed by atoms with Gasteiger partial charge in [0.05, 0.1) is 24.3 Å². The average Bonchev–Trinajstić information content (AvgIpc) is 2.70. The first kappa shape index (κ1) is 17.0. The summed E-state index contributed by atoms with van der Waals surface area (Å²) < 4.78 is 6.23. The number of benzene rings is 3. The maximum atomic E-state index is 8.99. The highest BCUT2D eigenvalue weighted by Gasteiger charge is 2.13. The summed E-state index contributed by atoms with van der Waals surface area (Å²) in [6, 6.07) is 30.6. The lowest BCUT2D eigenvalue weighted by Gasteiger charge is -2.19. The van der Waals surface area contributed by atoms with E-state index in [-0.39, 0.29) is 6.10 Å². The van der Waals surface area contributed by atoms with Crippen LogP contribution in [0.2, 0.25) is 0 Å². The van der Waals surface area contributed by atoms with E-state index in [9.17, 15) is 0 Å². The van der Waals surface area contributed by atoms with Crippen LogP contribution >= 0.6 is 0 Å². The van der Waals surface area contributed by atoms with Gasteiger partial charge in [0.1, 0.15) is 0 Å². The normalized spacial score (nSPS) is 11.6. The molecule has 0 spiro atoms. The summed E-state index contributed by atoms with van der Waals surface area (Å²) in [5.41, 5.74) is 4.27. The zero-order valence-electron chi connectivity index (χ0n) is 14.1. The van der Waals surface area contributed by atoms with Crippen molar-refractivity contribution in [2.75, 3.05) is 0 Å². The van der Waals surface area contributed by atoms with Crippen LogP contribution in [0.25, 0.3) is 0 Å². The molecule has 0 fully saturated rings. The predicted molar refractivity (Wildman–Crippen MR) is 99.9 cm³/mol. The Hall–Kier alpha value is -2.89. The number of nitrogens with zero attached hydrogens (tertiary/aromatic N) is 1. The molecule has 0 bridgehead atoms. The SMILES string of the molecule is N#Cc1ccc(C(CCc2ccccc2)OCc2ccccc2)cc1. The highest BCUT2D eigenvalue weighted by atomic mass is 16.5. The molecule has 2 heteroatoms. The Balaban J connectivity index is 1.71. The fourth-order valence-corrected chi connectivity index (χ4v) is 2.83. The van der Waals surface area contributed by atoms with Gasteiger partial charge in [-0.25, -0.2) is 0 Å². The zero-order chi connectivity index (χ0) is 17.3.